The molecule has 1 rings (SSSR count). The summed E-state index contributed by atoms with van der Waals surface area (Å²) in [6.45, 7) is 3.63. The van der Waals surface area contributed by atoms with E-state index in [0.717, 1.165) is 25.7 Å². The molecule has 0 bridgehead atoms. The van der Waals surface area contributed by atoms with E-state index in [9.17, 15) is 8.42 Å². The minimum absolute atomic E-state index is 0.170. The zero-order valence-corrected chi connectivity index (χ0v) is 11.4. The average Bonchev–Trinajstić information content (AvgIpc) is 2.54. The molecular formula is C10H21ClN2O2S. The first kappa shape index (κ1) is 14.2. The molecule has 6 heteroatoms. The van der Waals surface area contributed by atoms with Gasteiger partial charge in [0.05, 0.1) is 0 Å². The fraction of sp³-hybridized carbons (Fsp3) is 1.00. The molecular weight excluding hydrogens is 248 g/mol. The highest BCUT2D eigenvalue weighted by molar-refractivity contribution is 7.87. The van der Waals surface area contributed by atoms with Gasteiger partial charge in [-0.25, -0.2) is 4.72 Å². The Balaban J connectivity index is 2.48. The lowest BCUT2D eigenvalue weighted by atomic mass is 10.2. The molecule has 0 aliphatic carbocycles. The summed E-state index contributed by atoms with van der Waals surface area (Å²) in [7, 11) is -3.29. The van der Waals surface area contributed by atoms with Gasteiger partial charge in [-0.2, -0.15) is 12.7 Å². The van der Waals surface area contributed by atoms with E-state index in [1.165, 1.54) is 0 Å². The third-order valence-electron chi connectivity index (χ3n) is 2.78. The van der Waals surface area contributed by atoms with Gasteiger partial charge >= 0.3 is 0 Å². The van der Waals surface area contributed by atoms with Crippen LogP contribution in [0.5, 0.6) is 0 Å². The lowest BCUT2D eigenvalue weighted by Gasteiger charge is -2.21. The maximum absolute atomic E-state index is 11.9. The number of rotatable bonds is 5. The molecule has 1 N–H and O–H groups in total. The van der Waals surface area contributed by atoms with Gasteiger partial charge in [0, 0.05) is 25.5 Å². The Hall–Kier alpha value is 0.160. The monoisotopic (exact) mass is 268 g/mol. The maximum atomic E-state index is 11.9. The Bertz CT molecular complexity index is 287. The Labute approximate surface area is 104 Å². The Morgan fingerprint density at radius 1 is 1.25 bits per heavy atom. The van der Waals surface area contributed by atoms with E-state index < -0.39 is 10.2 Å². The van der Waals surface area contributed by atoms with Gasteiger partial charge in [-0.3, -0.25) is 0 Å². The molecule has 0 aromatic heterocycles. The zero-order chi connectivity index (χ0) is 12.0. The second kappa shape index (κ2) is 6.79. The van der Waals surface area contributed by atoms with Crippen LogP contribution in [0.4, 0.5) is 0 Å². The minimum Gasteiger partial charge on any atom is -0.202 e. The van der Waals surface area contributed by atoms with Crippen molar-refractivity contribution in [2.45, 2.75) is 32.6 Å². The van der Waals surface area contributed by atoms with Crippen LogP contribution in [0.1, 0.15) is 32.6 Å². The van der Waals surface area contributed by atoms with Crippen LogP contribution in [-0.4, -0.2) is 38.2 Å². The van der Waals surface area contributed by atoms with E-state index in [1.807, 2.05) is 6.92 Å². The van der Waals surface area contributed by atoms with Gasteiger partial charge in [-0.1, -0.05) is 19.8 Å². The SMILES string of the molecule is CC(CCl)CNS(=O)(=O)N1CCCCCC1. The second-order valence-electron chi connectivity index (χ2n) is 4.43. The predicted octanol–water partition coefficient (Wildman–Crippen LogP) is 1.57. The summed E-state index contributed by atoms with van der Waals surface area (Å²) >= 11 is 5.64. The number of hydrogen-bond donors (Lipinski definition) is 1. The zero-order valence-electron chi connectivity index (χ0n) is 9.78. The summed E-state index contributed by atoms with van der Waals surface area (Å²) in [6.07, 6.45) is 4.19. The third-order valence-corrected chi connectivity index (χ3v) is 4.89. The fourth-order valence-corrected chi connectivity index (χ4v) is 3.20. The van der Waals surface area contributed by atoms with Crippen molar-refractivity contribution in [3.63, 3.8) is 0 Å². The van der Waals surface area contributed by atoms with Crippen LogP contribution in [-0.2, 0) is 10.2 Å². The molecule has 0 aromatic carbocycles. The van der Waals surface area contributed by atoms with Crippen molar-refractivity contribution in [1.82, 2.24) is 9.03 Å². The molecule has 1 atom stereocenters. The van der Waals surface area contributed by atoms with Gasteiger partial charge in [0.1, 0.15) is 0 Å². The quantitative estimate of drug-likeness (QED) is 0.770. The van der Waals surface area contributed by atoms with Crippen LogP contribution < -0.4 is 4.72 Å². The molecule has 1 aliphatic heterocycles. The number of hydrogen-bond acceptors (Lipinski definition) is 2. The lowest BCUT2D eigenvalue weighted by Crippen LogP contribution is -2.42. The van der Waals surface area contributed by atoms with E-state index in [2.05, 4.69) is 4.72 Å². The molecule has 1 fully saturated rings. The van der Waals surface area contributed by atoms with Gasteiger partial charge in [0.25, 0.3) is 10.2 Å². The highest BCUT2D eigenvalue weighted by Crippen LogP contribution is 2.12. The van der Waals surface area contributed by atoms with Gasteiger partial charge in [0.2, 0.25) is 0 Å². The van der Waals surface area contributed by atoms with E-state index in [4.69, 9.17) is 11.6 Å². The molecule has 96 valence electrons. The summed E-state index contributed by atoms with van der Waals surface area (Å²) in [4.78, 5) is 0. The summed E-state index contributed by atoms with van der Waals surface area (Å²) in [5, 5.41) is 0. The number of alkyl halides is 1. The molecule has 0 amide bonds. The predicted molar refractivity (Wildman–Crippen MR) is 66.8 cm³/mol. The van der Waals surface area contributed by atoms with Crippen molar-refractivity contribution in [2.24, 2.45) is 5.92 Å². The van der Waals surface area contributed by atoms with Gasteiger partial charge < -0.3 is 0 Å². The lowest BCUT2D eigenvalue weighted by molar-refractivity contribution is 0.411. The highest BCUT2D eigenvalue weighted by Gasteiger charge is 2.22. The molecule has 1 saturated heterocycles. The molecule has 4 nitrogen and oxygen atoms in total. The fourth-order valence-electron chi connectivity index (χ4n) is 1.68. The van der Waals surface area contributed by atoms with E-state index in [1.54, 1.807) is 4.31 Å². The van der Waals surface area contributed by atoms with Crippen LogP contribution in [0.25, 0.3) is 0 Å². The smallest absolute Gasteiger partial charge is 0.202 e. The third kappa shape index (κ3) is 4.57. The maximum Gasteiger partial charge on any atom is 0.279 e. The first-order valence-corrected chi connectivity index (χ1v) is 7.84. The van der Waals surface area contributed by atoms with Crippen molar-refractivity contribution in [3.8, 4) is 0 Å². The van der Waals surface area contributed by atoms with Crippen LogP contribution in [0.3, 0.4) is 0 Å². The Kier molecular flexibility index (Phi) is 6.03. The first-order chi connectivity index (χ1) is 7.56. The molecule has 0 spiro atoms. The van der Waals surface area contributed by atoms with E-state index in [0.29, 0.717) is 25.5 Å². The van der Waals surface area contributed by atoms with Crippen LogP contribution in [0.15, 0.2) is 0 Å². The van der Waals surface area contributed by atoms with Crippen molar-refractivity contribution in [2.75, 3.05) is 25.5 Å². The van der Waals surface area contributed by atoms with Crippen LogP contribution in [0, 0.1) is 5.92 Å². The summed E-state index contributed by atoms with van der Waals surface area (Å²) < 4.78 is 28.0. The molecule has 1 unspecified atom stereocenters. The van der Waals surface area contributed by atoms with Gasteiger partial charge in [-0.05, 0) is 18.8 Å². The largest absolute Gasteiger partial charge is 0.279 e. The Morgan fingerprint density at radius 3 is 2.31 bits per heavy atom. The summed E-state index contributed by atoms with van der Waals surface area (Å²) in [5.41, 5.74) is 0. The second-order valence-corrected chi connectivity index (χ2v) is 6.49. The van der Waals surface area contributed by atoms with Crippen LogP contribution in [0.2, 0.25) is 0 Å². The molecule has 1 aliphatic rings. The minimum atomic E-state index is -3.29. The normalized spacial score (nSPS) is 21.6. The summed E-state index contributed by atoms with van der Waals surface area (Å²) in [5.74, 6) is 0.645. The first-order valence-electron chi connectivity index (χ1n) is 5.87. The number of halogens is 1. The number of nitrogens with one attached hydrogen (secondary N) is 1. The van der Waals surface area contributed by atoms with E-state index >= 15 is 0 Å². The number of nitrogens with zero attached hydrogens (tertiary/aromatic N) is 1. The molecule has 1 heterocycles. The van der Waals surface area contributed by atoms with Crippen molar-refractivity contribution >= 4 is 21.8 Å². The standard InChI is InChI=1S/C10H21ClN2O2S/c1-10(8-11)9-12-16(14,15)13-6-4-2-3-5-7-13/h10,12H,2-9H2,1H3. The van der Waals surface area contributed by atoms with Crippen molar-refractivity contribution < 1.29 is 8.42 Å². The van der Waals surface area contributed by atoms with E-state index in [-0.39, 0.29) is 5.92 Å². The van der Waals surface area contributed by atoms with Gasteiger partial charge in [-0.15, -0.1) is 11.6 Å². The Morgan fingerprint density at radius 2 is 1.81 bits per heavy atom. The van der Waals surface area contributed by atoms with Gasteiger partial charge in [0.15, 0.2) is 0 Å². The summed E-state index contributed by atoms with van der Waals surface area (Å²) in [6, 6.07) is 0. The average molecular weight is 269 g/mol. The molecule has 16 heavy (non-hydrogen) atoms. The molecule has 0 radical (unpaired) electrons. The molecule has 0 saturated carbocycles. The van der Waals surface area contributed by atoms with Crippen molar-refractivity contribution in [1.29, 1.82) is 0 Å². The van der Waals surface area contributed by atoms with Crippen LogP contribution >= 0.6 is 11.6 Å². The molecule has 0 aromatic rings. The topological polar surface area (TPSA) is 49.4 Å². The van der Waals surface area contributed by atoms with Crippen molar-refractivity contribution in [3.05, 3.63) is 0 Å². The highest BCUT2D eigenvalue weighted by atomic mass is 35.5.